The highest BCUT2D eigenvalue weighted by molar-refractivity contribution is 7.98. The Morgan fingerprint density at radius 2 is 2.00 bits per heavy atom. The minimum Gasteiger partial charge on any atom is -0.398 e. The summed E-state index contributed by atoms with van der Waals surface area (Å²) in [6.45, 7) is 0. The van der Waals surface area contributed by atoms with Gasteiger partial charge in [0.05, 0.1) is 0 Å². The van der Waals surface area contributed by atoms with E-state index in [1.54, 1.807) is 18.2 Å². The molecular formula is C14H12ClFN2OS. The normalized spacial score (nSPS) is 10.5. The number of amides is 1. The molecule has 0 spiro atoms. The maximum absolute atomic E-state index is 12.9. The number of halogens is 2. The Bertz CT molecular complexity index is 664. The largest absolute Gasteiger partial charge is 0.398 e. The second-order valence-corrected chi connectivity index (χ2v) is 5.57. The highest BCUT2D eigenvalue weighted by Gasteiger charge is 2.08. The molecule has 104 valence electrons. The molecule has 0 saturated carbocycles. The van der Waals surface area contributed by atoms with E-state index in [1.165, 1.54) is 30.0 Å². The van der Waals surface area contributed by atoms with Crippen LogP contribution in [0, 0.1) is 5.82 Å². The third-order valence-electron chi connectivity index (χ3n) is 2.69. The minimum absolute atomic E-state index is 0.365. The van der Waals surface area contributed by atoms with Gasteiger partial charge in [-0.15, -0.1) is 11.8 Å². The predicted octanol–water partition coefficient (Wildman–Crippen LogP) is 3.45. The van der Waals surface area contributed by atoms with Crippen LogP contribution in [-0.2, 0) is 5.75 Å². The molecule has 1 amide bonds. The van der Waals surface area contributed by atoms with Crippen LogP contribution in [0.3, 0.4) is 0 Å². The van der Waals surface area contributed by atoms with Gasteiger partial charge in [0, 0.05) is 26.9 Å². The molecule has 0 aromatic heterocycles. The van der Waals surface area contributed by atoms with Crippen LogP contribution in [0.15, 0.2) is 41.3 Å². The van der Waals surface area contributed by atoms with Crippen molar-refractivity contribution in [3.63, 3.8) is 0 Å². The number of hydrogen-bond acceptors (Lipinski definition) is 3. The summed E-state index contributed by atoms with van der Waals surface area (Å²) in [6.07, 6.45) is 0. The lowest BCUT2D eigenvalue weighted by Gasteiger charge is -2.08. The summed E-state index contributed by atoms with van der Waals surface area (Å²) in [7, 11) is 0. The van der Waals surface area contributed by atoms with Crippen LogP contribution in [0.5, 0.6) is 0 Å². The molecule has 0 aliphatic carbocycles. The molecule has 2 rings (SSSR count). The van der Waals surface area contributed by atoms with Gasteiger partial charge in [0.15, 0.2) is 0 Å². The molecule has 4 N–H and O–H groups in total. The fraction of sp³-hybridized carbons (Fsp3) is 0.0714. The van der Waals surface area contributed by atoms with Gasteiger partial charge >= 0.3 is 0 Å². The van der Waals surface area contributed by atoms with Crippen molar-refractivity contribution in [2.75, 3.05) is 5.73 Å². The van der Waals surface area contributed by atoms with Gasteiger partial charge in [-0.25, -0.2) is 4.39 Å². The number of nitrogens with two attached hydrogens (primary N) is 2. The van der Waals surface area contributed by atoms with Gasteiger partial charge in [0.25, 0.3) is 0 Å². The molecule has 0 saturated heterocycles. The van der Waals surface area contributed by atoms with Gasteiger partial charge in [0.1, 0.15) is 5.82 Å². The Morgan fingerprint density at radius 3 is 2.60 bits per heavy atom. The third kappa shape index (κ3) is 3.43. The molecule has 2 aromatic carbocycles. The van der Waals surface area contributed by atoms with Gasteiger partial charge in [-0.1, -0.05) is 17.7 Å². The molecule has 20 heavy (non-hydrogen) atoms. The van der Waals surface area contributed by atoms with Gasteiger partial charge in [-0.05, 0) is 35.9 Å². The van der Waals surface area contributed by atoms with Crippen LogP contribution in [0.2, 0.25) is 5.02 Å². The number of nitrogen functional groups attached to an aromatic ring is 1. The Labute approximate surface area is 125 Å². The summed E-state index contributed by atoms with van der Waals surface area (Å²) in [5.74, 6) is -0.321. The molecule has 3 nitrogen and oxygen atoms in total. The van der Waals surface area contributed by atoms with Crippen LogP contribution in [0.25, 0.3) is 0 Å². The molecule has 2 aromatic rings. The number of rotatable bonds is 4. The van der Waals surface area contributed by atoms with Crippen molar-refractivity contribution in [2.45, 2.75) is 10.6 Å². The van der Waals surface area contributed by atoms with E-state index in [4.69, 9.17) is 23.1 Å². The molecule has 0 bridgehead atoms. The van der Waals surface area contributed by atoms with Gasteiger partial charge in [0.2, 0.25) is 5.91 Å². The lowest BCUT2D eigenvalue weighted by molar-refractivity contribution is 0.100. The van der Waals surface area contributed by atoms with Crippen LogP contribution in [0.4, 0.5) is 10.1 Å². The smallest absolute Gasteiger partial charge is 0.248 e. The molecular weight excluding hydrogens is 299 g/mol. The molecule has 0 fully saturated rings. The monoisotopic (exact) mass is 310 g/mol. The fourth-order valence-corrected chi connectivity index (χ4v) is 2.90. The predicted molar refractivity (Wildman–Crippen MR) is 80.3 cm³/mol. The first-order valence-electron chi connectivity index (χ1n) is 5.73. The minimum atomic E-state index is -0.520. The number of primary amides is 1. The maximum Gasteiger partial charge on any atom is 0.248 e. The van der Waals surface area contributed by atoms with Crippen molar-refractivity contribution in [3.05, 3.63) is 58.4 Å². The Balaban J connectivity index is 2.13. The lowest BCUT2D eigenvalue weighted by Crippen LogP contribution is -2.10. The summed E-state index contributed by atoms with van der Waals surface area (Å²) >= 11 is 7.54. The standard InChI is InChI=1S/C14H12ClFN2OS/c15-11-5-8(14(18)19)1-2-9(11)7-20-13-4-3-10(16)6-12(13)17/h1-6H,7,17H2,(H2,18,19). The van der Waals surface area contributed by atoms with Crippen LogP contribution >= 0.6 is 23.4 Å². The number of carbonyl (C=O) groups is 1. The van der Waals surface area contributed by atoms with Crippen molar-refractivity contribution in [1.82, 2.24) is 0 Å². The topological polar surface area (TPSA) is 69.1 Å². The highest BCUT2D eigenvalue weighted by Crippen LogP contribution is 2.31. The SMILES string of the molecule is NC(=O)c1ccc(CSc2ccc(F)cc2N)c(Cl)c1. The first-order valence-corrected chi connectivity index (χ1v) is 7.10. The van der Waals surface area contributed by atoms with E-state index in [0.29, 0.717) is 22.0 Å². The number of anilines is 1. The summed E-state index contributed by atoms with van der Waals surface area (Å²) < 4.78 is 12.9. The summed E-state index contributed by atoms with van der Waals surface area (Å²) in [5.41, 5.74) is 12.5. The van der Waals surface area contributed by atoms with Gasteiger partial charge in [-0.2, -0.15) is 0 Å². The number of carbonyl (C=O) groups excluding carboxylic acids is 1. The van der Waals surface area contributed by atoms with Crippen molar-refractivity contribution in [1.29, 1.82) is 0 Å². The number of thioether (sulfide) groups is 1. The van der Waals surface area contributed by atoms with E-state index in [9.17, 15) is 9.18 Å². The Morgan fingerprint density at radius 1 is 1.25 bits per heavy atom. The van der Waals surface area contributed by atoms with Crippen LogP contribution in [0.1, 0.15) is 15.9 Å². The van der Waals surface area contributed by atoms with Gasteiger partial charge in [-0.3, -0.25) is 4.79 Å². The zero-order chi connectivity index (χ0) is 14.7. The first kappa shape index (κ1) is 14.7. The van der Waals surface area contributed by atoms with Crippen molar-refractivity contribution >= 4 is 35.0 Å². The Hall–Kier alpha value is -1.72. The zero-order valence-electron chi connectivity index (χ0n) is 10.4. The summed E-state index contributed by atoms with van der Waals surface area (Å²) in [5, 5.41) is 0.467. The molecule has 0 aliphatic rings. The molecule has 0 radical (unpaired) electrons. The van der Waals surface area contributed by atoms with E-state index < -0.39 is 5.91 Å². The summed E-state index contributed by atoms with van der Waals surface area (Å²) in [6, 6.07) is 9.17. The highest BCUT2D eigenvalue weighted by atomic mass is 35.5. The quantitative estimate of drug-likeness (QED) is 0.671. The molecule has 0 atom stereocenters. The van der Waals surface area contributed by atoms with E-state index in [-0.39, 0.29) is 5.82 Å². The lowest BCUT2D eigenvalue weighted by atomic mass is 10.1. The van der Waals surface area contributed by atoms with E-state index in [2.05, 4.69) is 0 Å². The fourth-order valence-electron chi connectivity index (χ4n) is 1.62. The second-order valence-electron chi connectivity index (χ2n) is 4.14. The number of benzene rings is 2. The van der Waals surface area contributed by atoms with E-state index >= 15 is 0 Å². The molecule has 0 aliphatic heterocycles. The van der Waals surface area contributed by atoms with Gasteiger partial charge < -0.3 is 11.5 Å². The van der Waals surface area contributed by atoms with Crippen LogP contribution in [-0.4, -0.2) is 5.91 Å². The van der Waals surface area contributed by atoms with Crippen molar-refractivity contribution < 1.29 is 9.18 Å². The molecule has 0 heterocycles. The second kappa shape index (κ2) is 6.15. The van der Waals surface area contributed by atoms with Crippen molar-refractivity contribution in [3.8, 4) is 0 Å². The van der Waals surface area contributed by atoms with E-state index in [1.807, 2.05) is 0 Å². The van der Waals surface area contributed by atoms with Crippen LogP contribution < -0.4 is 11.5 Å². The third-order valence-corrected chi connectivity index (χ3v) is 4.18. The zero-order valence-corrected chi connectivity index (χ0v) is 12.0. The average molecular weight is 311 g/mol. The summed E-state index contributed by atoms with van der Waals surface area (Å²) in [4.78, 5) is 11.8. The van der Waals surface area contributed by atoms with E-state index in [0.717, 1.165) is 10.5 Å². The maximum atomic E-state index is 12.9. The number of hydrogen-bond donors (Lipinski definition) is 2. The average Bonchev–Trinajstić information content (AvgIpc) is 2.38. The van der Waals surface area contributed by atoms with Crippen molar-refractivity contribution in [2.24, 2.45) is 5.73 Å². The molecule has 6 heteroatoms. The first-order chi connectivity index (χ1) is 9.47. The molecule has 0 unspecified atom stereocenters. The Kier molecular flexibility index (Phi) is 4.52.